The number of methoxy groups -OCH3 is 1. The first-order chi connectivity index (χ1) is 12.1. The molecule has 26 heavy (non-hydrogen) atoms. The zero-order valence-electron chi connectivity index (χ0n) is 13.8. The highest BCUT2D eigenvalue weighted by atomic mass is 32.2. The van der Waals surface area contributed by atoms with Crippen LogP contribution in [0.25, 0.3) is 11.1 Å². The van der Waals surface area contributed by atoms with Crippen molar-refractivity contribution < 1.29 is 35.6 Å². The Labute approximate surface area is 148 Å². The van der Waals surface area contributed by atoms with E-state index in [2.05, 4.69) is 9.50 Å². The summed E-state index contributed by atoms with van der Waals surface area (Å²) in [6.45, 7) is 0.492. The van der Waals surface area contributed by atoms with Gasteiger partial charge in [-0.15, -0.1) is 0 Å². The SMILES string of the molecule is CNCc1cc(O)c(-c2ccc(OS(=O)(=O)C(F)(F)F)cc2)c(OC)c1. The van der Waals surface area contributed by atoms with E-state index in [4.69, 9.17) is 4.74 Å². The third-order valence-electron chi connectivity index (χ3n) is 3.37. The first-order valence-electron chi connectivity index (χ1n) is 7.24. The van der Waals surface area contributed by atoms with E-state index >= 15 is 0 Å². The molecule has 0 radical (unpaired) electrons. The average molecular weight is 391 g/mol. The summed E-state index contributed by atoms with van der Waals surface area (Å²) in [5.41, 5.74) is -4.03. The third kappa shape index (κ3) is 4.20. The lowest BCUT2D eigenvalue weighted by Crippen LogP contribution is -2.28. The minimum Gasteiger partial charge on any atom is -0.507 e. The first-order valence-corrected chi connectivity index (χ1v) is 8.65. The maximum Gasteiger partial charge on any atom is 0.534 e. The monoisotopic (exact) mass is 391 g/mol. The van der Waals surface area contributed by atoms with Gasteiger partial charge in [-0.05, 0) is 42.4 Å². The van der Waals surface area contributed by atoms with E-state index in [9.17, 15) is 26.7 Å². The molecule has 0 fully saturated rings. The van der Waals surface area contributed by atoms with Crippen LogP contribution >= 0.6 is 0 Å². The van der Waals surface area contributed by atoms with Gasteiger partial charge in [0.1, 0.15) is 17.2 Å². The minimum atomic E-state index is -5.74. The molecule has 0 aliphatic carbocycles. The Morgan fingerprint density at radius 1 is 1.15 bits per heavy atom. The number of hydrogen-bond donors (Lipinski definition) is 2. The Kier molecular flexibility index (Phi) is 5.67. The van der Waals surface area contributed by atoms with Crippen LogP contribution in [0.1, 0.15) is 5.56 Å². The Balaban J connectivity index is 2.37. The van der Waals surface area contributed by atoms with Crippen LogP contribution in [0.15, 0.2) is 36.4 Å². The van der Waals surface area contributed by atoms with Crippen LogP contribution in [0, 0.1) is 0 Å². The summed E-state index contributed by atoms with van der Waals surface area (Å²) in [7, 11) is -2.59. The van der Waals surface area contributed by atoms with Gasteiger partial charge in [0.15, 0.2) is 0 Å². The fourth-order valence-corrected chi connectivity index (χ4v) is 2.72. The van der Waals surface area contributed by atoms with Crippen LogP contribution in [0.3, 0.4) is 0 Å². The number of rotatable bonds is 6. The van der Waals surface area contributed by atoms with Gasteiger partial charge in [-0.3, -0.25) is 0 Å². The van der Waals surface area contributed by atoms with Gasteiger partial charge in [-0.25, -0.2) is 0 Å². The van der Waals surface area contributed by atoms with Crippen LogP contribution < -0.4 is 14.2 Å². The van der Waals surface area contributed by atoms with Crippen LogP contribution in [0.2, 0.25) is 0 Å². The summed E-state index contributed by atoms with van der Waals surface area (Å²) in [6.07, 6.45) is 0. The predicted octanol–water partition coefficient (Wildman–Crippen LogP) is 3.02. The van der Waals surface area contributed by atoms with E-state index in [-0.39, 0.29) is 5.75 Å². The van der Waals surface area contributed by atoms with Crippen molar-refractivity contribution in [1.82, 2.24) is 5.32 Å². The maximum absolute atomic E-state index is 12.3. The molecule has 0 saturated heterocycles. The van der Waals surface area contributed by atoms with Crippen molar-refractivity contribution in [1.29, 1.82) is 0 Å². The second-order valence-corrected chi connectivity index (χ2v) is 6.77. The van der Waals surface area contributed by atoms with Gasteiger partial charge >= 0.3 is 15.6 Å². The summed E-state index contributed by atoms with van der Waals surface area (Å²) in [6, 6.07) is 7.96. The number of aromatic hydroxyl groups is 1. The summed E-state index contributed by atoms with van der Waals surface area (Å²) < 4.78 is 68.4. The normalized spacial score (nSPS) is 12.0. The smallest absolute Gasteiger partial charge is 0.507 e. The Morgan fingerprint density at radius 3 is 2.27 bits per heavy atom. The van der Waals surface area contributed by atoms with Gasteiger partial charge in [-0.1, -0.05) is 12.1 Å². The van der Waals surface area contributed by atoms with Crippen molar-refractivity contribution in [2.75, 3.05) is 14.2 Å². The largest absolute Gasteiger partial charge is 0.534 e. The van der Waals surface area contributed by atoms with Crippen LogP contribution in [0.4, 0.5) is 13.2 Å². The molecule has 0 aliphatic heterocycles. The first kappa shape index (κ1) is 19.9. The topological polar surface area (TPSA) is 84.9 Å². The molecule has 0 saturated carbocycles. The zero-order valence-corrected chi connectivity index (χ0v) is 14.6. The van der Waals surface area contributed by atoms with Gasteiger partial charge in [0.05, 0.1) is 12.7 Å². The molecule has 0 heterocycles. The van der Waals surface area contributed by atoms with E-state index in [0.29, 0.717) is 23.4 Å². The molecule has 2 rings (SSSR count). The highest BCUT2D eigenvalue weighted by molar-refractivity contribution is 7.88. The van der Waals surface area contributed by atoms with E-state index in [1.165, 1.54) is 25.3 Å². The maximum atomic E-state index is 12.3. The van der Waals surface area contributed by atoms with Gasteiger partial charge < -0.3 is 19.3 Å². The molecule has 2 aromatic rings. The molecular formula is C16H16F3NO5S. The lowest BCUT2D eigenvalue weighted by Gasteiger charge is -2.14. The lowest BCUT2D eigenvalue weighted by molar-refractivity contribution is -0.0500. The molecule has 2 aromatic carbocycles. The molecule has 2 N–H and O–H groups in total. The van der Waals surface area contributed by atoms with E-state index in [1.54, 1.807) is 13.1 Å². The Morgan fingerprint density at radius 2 is 1.77 bits per heavy atom. The molecular weight excluding hydrogens is 375 g/mol. The van der Waals surface area contributed by atoms with Crippen LogP contribution in [-0.2, 0) is 16.7 Å². The molecule has 6 nitrogen and oxygen atoms in total. The quantitative estimate of drug-likeness (QED) is 0.582. The minimum absolute atomic E-state index is 0.0915. The third-order valence-corrected chi connectivity index (χ3v) is 4.35. The second-order valence-electron chi connectivity index (χ2n) is 5.23. The molecule has 142 valence electrons. The van der Waals surface area contributed by atoms with Gasteiger partial charge in [0, 0.05) is 6.54 Å². The molecule has 0 aliphatic rings. The van der Waals surface area contributed by atoms with Crippen LogP contribution in [-0.4, -0.2) is 33.2 Å². The second kappa shape index (κ2) is 7.42. The number of halogens is 3. The average Bonchev–Trinajstić information content (AvgIpc) is 2.54. The molecule has 0 aromatic heterocycles. The van der Waals surface area contributed by atoms with Crippen molar-refractivity contribution in [3.63, 3.8) is 0 Å². The number of hydrogen-bond acceptors (Lipinski definition) is 6. The number of phenolic OH excluding ortho intramolecular Hbond substituents is 1. The standard InChI is InChI=1S/C16H16F3NO5S/c1-20-9-10-7-13(21)15(14(8-10)24-2)11-3-5-12(6-4-11)25-26(22,23)16(17,18)19/h3-8,20-21H,9H2,1-2H3. The summed E-state index contributed by atoms with van der Waals surface area (Å²) in [4.78, 5) is 0. The molecule has 0 spiro atoms. The van der Waals surface area contributed by atoms with E-state index in [1.807, 2.05) is 0 Å². The van der Waals surface area contributed by atoms with Crippen molar-refractivity contribution >= 4 is 10.1 Å². The van der Waals surface area contributed by atoms with E-state index in [0.717, 1.165) is 17.7 Å². The number of alkyl halides is 3. The molecule has 0 amide bonds. The van der Waals surface area contributed by atoms with Gasteiger partial charge in [0.2, 0.25) is 0 Å². The Bertz CT molecular complexity index is 880. The molecule has 0 bridgehead atoms. The van der Waals surface area contributed by atoms with Crippen molar-refractivity contribution in [2.24, 2.45) is 0 Å². The number of phenols is 1. The summed E-state index contributed by atoms with van der Waals surface area (Å²) in [5, 5.41) is 13.2. The molecule has 0 unspecified atom stereocenters. The number of benzene rings is 2. The lowest BCUT2D eigenvalue weighted by atomic mass is 10.0. The highest BCUT2D eigenvalue weighted by Gasteiger charge is 2.48. The molecule has 0 atom stereocenters. The summed E-state index contributed by atoms with van der Waals surface area (Å²) >= 11 is 0. The fourth-order valence-electron chi connectivity index (χ4n) is 2.26. The highest BCUT2D eigenvalue weighted by Crippen LogP contribution is 2.39. The van der Waals surface area contributed by atoms with Gasteiger partial charge in [-0.2, -0.15) is 21.6 Å². The Hall–Kier alpha value is -2.46. The van der Waals surface area contributed by atoms with Crippen molar-refractivity contribution in [3.8, 4) is 28.4 Å². The fraction of sp³-hybridized carbons (Fsp3) is 0.250. The number of nitrogens with one attached hydrogen (secondary N) is 1. The number of ether oxygens (including phenoxy) is 1. The molecule has 10 heteroatoms. The van der Waals surface area contributed by atoms with Crippen molar-refractivity contribution in [2.45, 2.75) is 12.1 Å². The summed E-state index contributed by atoms with van der Waals surface area (Å²) in [5.74, 6) is -0.241. The van der Waals surface area contributed by atoms with Crippen LogP contribution in [0.5, 0.6) is 17.2 Å². The zero-order chi connectivity index (χ0) is 19.5. The van der Waals surface area contributed by atoms with Crippen molar-refractivity contribution in [3.05, 3.63) is 42.0 Å². The predicted molar refractivity (Wildman–Crippen MR) is 88.5 cm³/mol. The van der Waals surface area contributed by atoms with E-state index < -0.39 is 21.4 Å². The van der Waals surface area contributed by atoms with Gasteiger partial charge in [0.25, 0.3) is 0 Å².